The highest BCUT2D eigenvalue weighted by atomic mass is 16.7. The Labute approximate surface area is 194 Å². The first-order valence-electron chi connectivity index (χ1n) is 12.7. The molecular weight excluding hydrogens is 391 g/mol. The normalized spacial score (nSPS) is 36.2. The molecule has 0 radical (unpaired) electrons. The number of hydrogen-bond donors (Lipinski definition) is 0. The lowest BCUT2D eigenvalue weighted by molar-refractivity contribution is 0.00578. The van der Waals surface area contributed by atoms with E-state index in [1.165, 1.54) is 47.8 Å². The number of rotatable bonds is 1. The maximum Gasteiger partial charge on any atom is 0.495 e. The smallest absolute Gasteiger partial charge is 0.399 e. The van der Waals surface area contributed by atoms with Gasteiger partial charge in [0.15, 0.2) is 0 Å². The van der Waals surface area contributed by atoms with Crippen molar-refractivity contribution in [3.8, 4) is 11.1 Å². The molecule has 5 unspecified atom stereocenters. The van der Waals surface area contributed by atoms with Gasteiger partial charge in [0.2, 0.25) is 0 Å². The Bertz CT molecular complexity index is 1050. The van der Waals surface area contributed by atoms with Gasteiger partial charge in [-0.25, -0.2) is 0 Å². The molecular formula is C29H37BO2. The van der Waals surface area contributed by atoms with E-state index in [2.05, 4.69) is 84.0 Å². The lowest BCUT2D eigenvalue weighted by atomic mass is 9.48. The lowest BCUT2D eigenvalue weighted by Gasteiger charge is -2.55. The van der Waals surface area contributed by atoms with Crippen LogP contribution >= 0.6 is 0 Å². The first-order chi connectivity index (χ1) is 15.1. The molecule has 2 bridgehead atoms. The summed E-state index contributed by atoms with van der Waals surface area (Å²) in [6, 6.07) is 16.1. The second kappa shape index (κ2) is 6.73. The van der Waals surface area contributed by atoms with Gasteiger partial charge in [0, 0.05) is 5.41 Å². The molecule has 6 rings (SSSR count). The summed E-state index contributed by atoms with van der Waals surface area (Å²) in [6.07, 6.45) is 5.42. The van der Waals surface area contributed by atoms with Crippen LogP contribution in [0.15, 0.2) is 42.5 Å². The summed E-state index contributed by atoms with van der Waals surface area (Å²) in [4.78, 5) is 0. The molecule has 1 heterocycles. The average molecular weight is 428 g/mol. The molecule has 0 amide bonds. The third-order valence-corrected chi connectivity index (χ3v) is 9.83. The van der Waals surface area contributed by atoms with Crippen molar-refractivity contribution in [1.82, 2.24) is 0 Å². The average Bonchev–Trinajstić information content (AvgIpc) is 3.14. The van der Waals surface area contributed by atoms with E-state index in [-0.39, 0.29) is 23.7 Å². The van der Waals surface area contributed by atoms with Crippen molar-refractivity contribution in [2.75, 3.05) is 0 Å². The summed E-state index contributed by atoms with van der Waals surface area (Å²) in [5.41, 5.74) is 6.59. The fourth-order valence-corrected chi connectivity index (χ4v) is 7.97. The maximum atomic E-state index is 6.65. The molecule has 2 nitrogen and oxygen atoms in total. The van der Waals surface area contributed by atoms with Gasteiger partial charge in [-0.15, -0.1) is 0 Å². The minimum Gasteiger partial charge on any atom is -0.399 e. The van der Waals surface area contributed by atoms with E-state index in [1.807, 2.05) is 0 Å². The molecule has 5 atom stereocenters. The van der Waals surface area contributed by atoms with Gasteiger partial charge in [-0.3, -0.25) is 0 Å². The third kappa shape index (κ3) is 2.61. The molecule has 2 aromatic rings. The zero-order valence-electron chi connectivity index (χ0n) is 20.6. The molecule has 3 heteroatoms. The molecule has 3 aliphatic carbocycles. The third-order valence-electron chi connectivity index (χ3n) is 9.83. The van der Waals surface area contributed by atoms with Crippen molar-refractivity contribution in [3.63, 3.8) is 0 Å². The SMILES string of the molecule is CC1CC2CC(C)C3(c4ccccc4-c4cccc(B5OC(C)(C)C(C)(C)O5)c43)C(C1)C2. The predicted octanol–water partition coefficient (Wildman–Crippen LogP) is 6.34. The van der Waals surface area contributed by atoms with Crippen molar-refractivity contribution in [1.29, 1.82) is 0 Å². The molecule has 1 saturated heterocycles. The zero-order chi connectivity index (χ0) is 22.5. The van der Waals surface area contributed by atoms with Gasteiger partial charge < -0.3 is 9.31 Å². The van der Waals surface area contributed by atoms with Crippen LogP contribution in [0.25, 0.3) is 11.1 Å². The van der Waals surface area contributed by atoms with Crippen LogP contribution in [-0.2, 0) is 14.7 Å². The van der Waals surface area contributed by atoms with Crippen LogP contribution in [0.3, 0.4) is 0 Å². The minimum atomic E-state index is -0.332. The van der Waals surface area contributed by atoms with Crippen LogP contribution in [0.5, 0.6) is 0 Å². The number of benzene rings is 2. The van der Waals surface area contributed by atoms with E-state index < -0.39 is 0 Å². The Kier molecular flexibility index (Phi) is 4.42. The number of hydrogen-bond acceptors (Lipinski definition) is 2. The van der Waals surface area contributed by atoms with Crippen molar-refractivity contribution in [2.45, 2.75) is 83.8 Å². The molecule has 1 aliphatic heterocycles. The minimum absolute atomic E-state index is 0.0668. The van der Waals surface area contributed by atoms with Gasteiger partial charge in [0.05, 0.1) is 11.2 Å². The Morgan fingerprint density at radius 2 is 1.47 bits per heavy atom. The Balaban J connectivity index is 1.60. The summed E-state index contributed by atoms with van der Waals surface area (Å²) in [5.74, 6) is 2.99. The van der Waals surface area contributed by atoms with Crippen LogP contribution in [-0.4, -0.2) is 18.3 Å². The van der Waals surface area contributed by atoms with Crippen LogP contribution in [0, 0.1) is 23.7 Å². The van der Waals surface area contributed by atoms with Crippen LogP contribution in [0.2, 0.25) is 0 Å². The lowest BCUT2D eigenvalue weighted by Crippen LogP contribution is -2.53. The Hall–Kier alpha value is -1.58. The fraction of sp³-hybridized carbons (Fsp3) is 0.586. The highest BCUT2D eigenvalue weighted by molar-refractivity contribution is 6.63. The summed E-state index contributed by atoms with van der Waals surface area (Å²) in [5, 5.41) is 0. The topological polar surface area (TPSA) is 18.5 Å². The zero-order valence-corrected chi connectivity index (χ0v) is 20.6. The molecule has 0 aromatic heterocycles. The molecule has 2 saturated carbocycles. The van der Waals surface area contributed by atoms with Crippen molar-refractivity contribution < 1.29 is 9.31 Å². The second-order valence-electron chi connectivity index (χ2n) is 12.3. The molecule has 3 fully saturated rings. The summed E-state index contributed by atoms with van der Waals surface area (Å²) in [7, 11) is -0.313. The van der Waals surface area contributed by atoms with Gasteiger partial charge in [-0.1, -0.05) is 56.3 Å². The first kappa shape index (κ1) is 21.0. The van der Waals surface area contributed by atoms with Crippen molar-refractivity contribution >= 4 is 12.6 Å². The summed E-state index contributed by atoms with van der Waals surface area (Å²) < 4.78 is 13.3. The molecule has 168 valence electrons. The highest BCUT2D eigenvalue weighted by Gasteiger charge is 2.60. The van der Waals surface area contributed by atoms with Gasteiger partial charge in [-0.05, 0) is 105 Å². The maximum absolute atomic E-state index is 6.65. The second-order valence-corrected chi connectivity index (χ2v) is 12.3. The highest BCUT2D eigenvalue weighted by Crippen LogP contribution is 2.64. The molecule has 2 aromatic carbocycles. The monoisotopic (exact) mass is 428 g/mol. The fourth-order valence-electron chi connectivity index (χ4n) is 7.97. The van der Waals surface area contributed by atoms with E-state index >= 15 is 0 Å². The van der Waals surface area contributed by atoms with Crippen molar-refractivity contribution in [3.05, 3.63) is 53.6 Å². The summed E-state index contributed by atoms with van der Waals surface area (Å²) in [6.45, 7) is 13.7. The van der Waals surface area contributed by atoms with Gasteiger partial charge in [-0.2, -0.15) is 0 Å². The summed E-state index contributed by atoms with van der Waals surface area (Å²) >= 11 is 0. The van der Waals surface area contributed by atoms with Gasteiger partial charge >= 0.3 is 7.12 Å². The Morgan fingerprint density at radius 1 is 0.781 bits per heavy atom. The van der Waals surface area contributed by atoms with E-state index in [4.69, 9.17) is 9.31 Å². The standard InChI is InChI=1S/C29H37BO2/c1-18-14-20-16-19(2)29(21(15-18)17-20)24-12-8-7-10-22(24)23-11-9-13-25(26(23)29)30-31-27(3,4)28(5,6)32-30/h7-13,18-21H,14-17H2,1-6H3. The van der Waals surface area contributed by atoms with Gasteiger partial charge in [0.1, 0.15) is 0 Å². The molecule has 32 heavy (non-hydrogen) atoms. The number of fused-ring (bicyclic) bond motifs is 8. The van der Waals surface area contributed by atoms with E-state index in [1.54, 1.807) is 5.56 Å². The van der Waals surface area contributed by atoms with Crippen LogP contribution < -0.4 is 5.46 Å². The predicted molar refractivity (Wildman–Crippen MR) is 132 cm³/mol. The van der Waals surface area contributed by atoms with Gasteiger partial charge in [0.25, 0.3) is 0 Å². The molecule has 1 spiro atoms. The van der Waals surface area contributed by atoms with E-state index in [9.17, 15) is 0 Å². The molecule has 0 N–H and O–H groups in total. The Morgan fingerprint density at radius 3 is 2.22 bits per heavy atom. The van der Waals surface area contributed by atoms with E-state index in [0.717, 1.165) is 11.8 Å². The largest absolute Gasteiger partial charge is 0.495 e. The van der Waals surface area contributed by atoms with Crippen molar-refractivity contribution in [2.24, 2.45) is 23.7 Å². The van der Waals surface area contributed by atoms with Crippen LogP contribution in [0.1, 0.15) is 78.4 Å². The molecule has 4 aliphatic rings. The quantitative estimate of drug-likeness (QED) is 0.493. The first-order valence-corrected chi connectivity index (χ1v) is 12.7. The van der Waals surface area contributed by atoms with E-state index in [0.29, 0.717) is 11.8 Å². The van der Waals surface area contributed by atoms with Crippen LogP contribution in [0.4, 0.5) is 0 Å².